The van der Waals surface area contributed by atoms with E-state index in [1.165, 1.54) is 11.1 Å². The molecule has 4 N–H and O–H groups in total. The molecule has 33 heavy (non-hydrogen) atoms. The van der Waals surface area contributed by atoms with Crippen LogP contribution in [0.25, 0.3) is 0 Å². The molecule has 0 aromatic heterocycles. The van der Waals surface area contributed by atoms with Crippen molar-refractivity contribution in [3.8, 4) is 11.5 Å². The number of amides is 2. The highest BCUT2D eigenvalue weighted by Crippen LogP contribution is 2.22. The molecule has 0 fully saturated rings. The molecule has 0 heterocycles. The molecule has 0 aliphatic heterocycles. The molecule has 6 nitrogen and oxygen atoms in total. The maximum absolute atomic E-state index is 10.7. The average molecular weight is 450 g/mol. The number of rotatable bonds is 6. The number of nitrogen functional groups attached to an aromatic ring is 1. The third-order valence-electron chi connectivity index (χ3n) is 5.04. The van der Waals surface area contributed by atoms with Gasteiger partial charge in [0.2, 0.25) is 12.3 Å². The van der Waals surface area contributed by atoms with Crippen molar-refractivity contribution in [3.05, 3.63) is 90.0 Å². The Labute approximate surface area is 197 Å². The summed E-state index contributed by atoms with van der Waals surface area (Å²) in [5.41, 5.74) is 13.2. The fourth-order valence-corrected chi connectivity index (χ4v) is 2.76. The van der Waals surface area contributed by atoms with Crippen LogP contribution in [-0.2, 0) is 16.0 Å². The van der Waals surface area contributed by atoms with Crippen LogP contribution in [-0.4, -0.2) is 30.3 Å². The molecule has 0 aliphatic rings. The van der Waals surface area contributed by atoms with Crippen molar-refractivity contribution >= 4 is 18.0 Å². The lowest BCUT2D eigenvalue weighted by Crippen LogP contribution is -2.32. The van der Waals surface area contributed by atoms with Crippen LogP contribution < -0.4 is 16.2 Å². The van der Waals surface area contributed by atoms with Crippen LogP contribution in [0.2, 0.25) is 0 Å². The first-order chi connectivity index (χ1) is 15.8. The van der Waals surface area contributed by atoms with Crippen molar-refractivity contribution in [1.82, 2.24) is 4.90 Å². The Morgan fingerprint density at radius 1 is 0.939 bits per heavy atom. The zero-order valence-electron chi connectivity index (χ0n) is 19.9. The predicted octanol–water partition coefficient (Wildman–Crippen LogP) is 5.02. The molecule has 0 saturated heterocycles. The van der Waals surface area contributed by atoms with Gasteiger partial charge >= 0.3 is 0 Å². The lowest BCUT2D eigenvalue weighted by atomic mass is 10.0. The van der Waals surface area contributed by atoms with Gasteiger partial charge in [0.25, 0.3) is 0 Å². The van der Waals surface area contributed by atoms with E-state index in [2.05, 4.69) is 36.9 Å². The second-order valence-electron chi connectivity index (χ2n) is 7.50. The van der Waals surface area contributed by atoms with Crippen molar-refractivity contribution in [2.75, 3.05) is 12.8 Å². The van der Waals surface area contributed by atoms with Crippen LogP contribution in [0, 0.1) is 0 Å². The largest absolute Gasteiger partial charge is 0.457 e. The van der Waals surface area contributed by atoms with E-state index in [0.29, 0.717) is 6.04 Å². The molecule has 1 unspecified atom stereocenters. The van der Waals surface area contributed by atoms with E-state index < -0.39 is 0 Å². The Hall–Kier alpha value is -3.80. The van der Waals surface area contributed by atoms with Gasteiger partial charge in [-0.05, 0) is 67.3 Å². The monoisotopic (exact) mass is 449 g/mol. The second kappa shape index (κ2) is 15.1. The van der Waals surface area contributed by atoms with E-state index in [4.69, 9.17) is 15.3 Å². The van der Waals surface area contributed by atoms with Gasteiger partial charge in [0.05, 0.1) is 0 Å². The fraction of sp³-hybridized carbons (Fsp3) is 0.259. The molecular weight excluding hydrogens is 414 g/mol. The zero-order valence-corrected chi connectivity index (χ0v) is 19.9. The molecule has 0 spiro atoms. The molecule has 0 aliphatic carbocycles. The molecule has 1 atom stereocenters. The molecule has 3 aromatic rings. The third kappa shape index (κ3) is 10.9. The summed E-state index contributed by atoms with van der Waals surface area (Å²) in [7, 11) is 1.83. The number of primary amides is 1. The van der Waals surface area contributed by atoms with Crippen molar-refractivity contribution in [2.45, 2.75) is 39.7 Å². The predicted molar refractivity (Wildman–Crippen MR) is 135 cm³/mol. The van der Waals surface area contributed by atoms with Gasteiger partial charge in [0.1, 0.15) is 11.5 Å². The summed E-state index contributed by atoms with van der Waals surface area (Å²) in [6, 6.07) is 26.3. The molecule has 176 valence electrons. The number of nitrogens with two attached hydrogens (primary N) is 2. The highest BCUT2D eigenvalue weighted by Gasteiger charge is 2.07. The van der Waals surface area contributed by atoms with E-state index in [0.717, 1.165) is 30.0 Å². The number of carbonyl (C=O) groups is 2. The molecule has 0 bridgehead atoms. The topological polar surface area (TPSA) is 98.7 Å². The summed E-state index contributed by atoms with van der Waals surface area (Å²) in [5.74, 6) is 1.84. The number of hydrogen-bond acceptors (Lipinski definition) is 4. The number of ether oxygens (including phenoxy) is 1. The molecule has 2 amide bonds. The smallest absolute Gasteiger partial charge is 0.219 e. The number of carbonyl (C=O) groups excluding carboxylic acids is 2. The maximum Gasteiger partial charge on any atom is 0.219 e. The minimum Gasteiger partial charge on any atom is -0.457 e. The minimum absolute atomic E-state index is 0.143. The molecule has 6 heteroatoms. The first kappa shape index (κ1) is 27.2. The third-order valence-corrected chi connectivity index (χ3v) is 5.04. The molecule has 3 aromatic carbocycles. The van der Waals surface area contributed by atoms with Gasteiger partial charge in [0, 0.05) is 25.7 Å². The van der Waals surface area contributed by atoms with Gasteiger partial charge in [-0.3, -0.25) is 9.59 Å². The van der Waals surface area contributed by atoms with E-state index in [1.54, 1.807) is 11.8 Å². The van der Waals surface area contributed by atoms with Gasteiger partial charge in [0.15, 0.2) is 0 Å². The van der Waals surface area contributed by atoms with E-state index in [9.17, 15) is 4.79 Å². The van der Waals surface area contributed by atoms with Crippen molar-refractivity contribution in [2.24, 2.45) is 5.73 Å². The standard InChI is InChI=1S/C19H17NO.C7H15NO.CH3NO/c20-17-10-6-15(7-11-17)14-16-8-12-19(13-9-16)21-18-4-2-1-3-5-18;1-5-6(2)8(4)7(3)9;2-1-3/h1-13H,14,20H2;6H,5H2,1-4H3;1H,(H2,2,3). The van der Waals surface area contributed by atoms with Gasteiger partial charge in [-0.15, -0.1) is 0 Å². The van der Waals surface area contributed by atoms with Crippen LogP contribution >= 0.6 is 0 Å². The quantitative estimate of drug-likeness (QED) is 0.408. The van der Waals surface area contributed by atoms with Crippen molar-refractivity contribution < 1.29 is 14.3 Å². The van der Waals surface area contributed by atoms with Crippen molar-refractivity contribution in [3.63, 3.8) is 0 Å². The lowest BCUT2D eigenvalue weighted by Gasteiger charge is -2.21. The first-order valence-corrected chi connectivity index (χ1v) is 10.9. The van der Waals surface area contributed by atoms with Crippen LogP contribution in [0.15, 0.2) is 78.9 Å². The summed E-state index contributed by atoms with van der Waals surface area (Å²) >= 11 is 0. The highest BCUT2D eigenvalue weighted by molar-refractivity contribution is 5.73. The first-order valence-electron chi connectivity index (χ1n) is 10.9. The summed E-state index contributed by atoms with van der Waals surface area (Å²) in [4.78, 5) is 21.0. The van der Waals surface area contributed by atoms with Crippen LogP contribution in [0.1, 0.15) is 38.3 Å². The van der Waals surface area contributed by atoms with Crippen LogP contribution in [0.5, 0.6) is 11.5 Å². The zero-order chi connectivity index (χ0) is 24.6. The van der Waals surface area contributed by atoms with Gasteiger partial charge < -0.3 is 21.1 Å². The summed E-state index contributed by atoms with van der Waals surface area (Å²) in [5, 5.41) is 0. The molecule has 0 saturated carbocycles. The van der Waals surface area contributed by atoms with E-state index in [-0.39, 0.29) is 12.3 Å². The van der Waals surface area contributed by atoms with Gasteiger partial charge in [-0.2, -0.15) is 0 Å². The Morgan fingerprint density at radius 2 is 1.39 bits per heavy atom. The summed E-state index contributed by atoms with van der Waals surface area (Å²) < 4.78 is 5.78. The number of benzene rings is 3. The second-order valence-corrected chi connectivity index (χ2v) is 7.50. The number of hydrogen-bond donors (Lipinski definition) is 2. The Morgan fingerprint density at radius 3 is 1.82 bits per heavy atom. The number of para-hydroxylation sites is 1. The lowest BCUT2D eigenvalue weighted by molar-refractivity contribution is -0.129. The molecule has 3 rings (SSSR count). The molecule has 0 radical (unpaired) electrons. The van der Waals surface area contributed by atoms with Crippen LogP contribution in [0.3, 0.4) is 0 Å². The minimum atomic E-state index is 0.143. The molecular formula is C27H35N3O3. The highest BCUT2D eigenvalue weighted by atomic mass is 16.5. The van der Waals surface area contributed by atoms with Crippen molar-refractivity contribution in [1.29, 1.82) is 0 Å². The van der Waals surface area contributed by atoms with E-state index >= 15 is 0 Å². The summed E-state index contributed by atoms with van der Waals surface area (Å²) in [6.07, 6.45) is 2.17. The fourth-order valence-electron chi connectivity index (χ4n) is 2.76. The van der Waals surface area contributed by atoms with Crippen LogP contribution in [0.4, 0.5) is 5.69 Å². The summed E-state index contributed by atoms with van der Waals surface area (Å²) in [6.45, 7) is 5.71. The van der Waals surface area contributed by atoms with E-state index in [1.807, 2.05) is 68.6 Å². The normalized spacial score (nSPS) is 10.4. The van der Waals surface area contributed by atoms with Gasteiger partial charge in [-0.25, -0.2) is 0 Å². The SMILES string of the molecule is CCC(C)N(C)C(C)=O.NC=O.Nc1ccc(Cc2ccc(Oc3ccccc3)cc2)cc1. The Balaban J connectivity index is 0.000000382. The Bertz CT molecular complexity index is 943. The van der Waals surface area contributed by atoms with Gasteiger partial charge in [-0.1, -0.05) is 49.4 Å². The number of anilines is 1. The maximum atomic E-state index is 10.7. The average Bonchev–Trinajstić information content (AvgIpc) is 2.82. The Kier molecular flexibility index (Phi) is 12.4. The number of nitrogens with zero attached hydrogens (tertiary/aromatic N) is 1.